The van der Waals surface area contributed by atoms with Gasteiger partial charge in [0.1, 0.15) is 19.2 Å². The van der Waals surface area contributed by atoms with Gasteiger partial charge in [-0.3, -0.25) is 9.69 Å². The zero-order valence-corrected chi connectivity index (χ0v) is 13.9. The Kier molecular flexibility index (Phi) is 4.13. The van der Waals surface area contributed by atoms with Gasteiger partial charge in [-0.25, -0.2) is 9.67 Å². The highest BCUT2D eigenvalue weighted by atomic mass is 32.1. The number of piperidine rings is 1. The van der Waals surface area contributed by atoms with Crippen molar-refractivity contribution in [3.63, 3.8) is 0 Å². The van der Waals surface area contributed by atoms with Crippen LogP contribution < -0.4 is 0 Å². The van der Waals surface area contributed by atoms with Crippen LogP contribution in [0.5, 0.6) is 0 Å². The van der Waals surface area contributed by atoms with E-state index in [-0.39, 0.29) is 5.91 Å². The lowest BCUT2D eigenvalue weighted by atomic mass is 9.99. The normalized spacial score (nSPS) is 19.7. The van der Waals surface area contributed by atoms with Crippen molar-refractivity contribution in [2.75, 3.05) is 19.6 Å². The van der Waals surface area contributed by atoms with E-state index in [0.29, 0.717) is 12.6 Å². The van der Waals surface area contributed by atoms with Crippen molar-refractivity contribution in [3.8, 4) is 0 Å². The molecule has 0 aliphatic carbocycles. The summed E-state index contributed by atoms with van der Waals surface area (Å²) in [7, 11) is 0. The second-order valence-electron chi connectivity index (χ2n) is 6.29. The summed E-state index contributed by atoms with van der Waals surface area (Å²) in [5.41, 5.74) is 1.51. The Bertz CT molecular complexity index is 660. The van der Waals surface area contributed by atoms with E-state index in [1.165, 1.54) is 18.3 Å². The first-order chi connectivity index (χ1) is 11.3. The molecule has 0 radical (unpaired) electrons. The highest BCUT2D eigenvalue weighted by molar-refractivity contribution is 7.10. The van der Waals surface area contributed by atoms with Gasteiger partial charge in [-0.05, 0) is 36.3 Å². The van der Waals surface area contributed by atoms with Gasteiger partial charge in [0.25, 0.3) is 0 Å². The fraction of sp³-hybridized carbons (Fsp3) is 0.562. The van der Waals surface area contributed by atoms with Gasteiger partial charge in [0.15, 0.2) is 0 Å². The molecule has 7 heteroatoms. The van der Waals surface area contributed by atoms with Crippen LogP contribution >= 0.6 is 11.3 Å². The molecule has 4 rings (SSSR count). The average molecular weight is 331 g/mol. The first-order valence-corrected chi connectivity index (χ1v) is 9.07. The summed E-state index contributed by atoms with van der Waals surface area (Å²) in [4.78, 5) is 22.3. The summed E-state index contributed by atoms with van der Waals surface area (Å²) in [6, 6.07) is 2.88. The predicted molar refractivity (Wildman–Crippen MR) is 88.1 cm³/mol. The molecule has 6 nitrogen and oxygen atoms in total. The maximum absolute atomic E-state index is 12.3. The van der Waals surface area contributed by atoms with Crippen molar-refractivity contribution in [2.45, 2.75) is 38.4 Å². The molecule has 0 bridgehead atoms. The molecule has 0 spiro atoms. The molecule has 2 aromatic heterocycles. The van der Waals surface area contributed by atoms with Gasteiger partial charge in [-0.15, -0.1) is 11.3 Å². The third-order valence-electron chi connectivity index (χ3n) is 4.93. The molecule has 23 heavy (non-hydrogen) atoms. The van der Waals surface area contributed by atoms with Crippen molar-refractivity contribution in [2.24, 2.45) is 0 Å². The van der Waals surface area contributed by atoms with Crippen molar-refractivity contribution >= 4 is 17.2 Å². The molecular weight excluding hydrogens is 310 g/mol. The molecule has 1 amide bonds. The van der Waals surface area contributed by atoms with E-state index in [2.05, 4.69) is 26.4 Å². The minimum absolute atomic E-state index is 0.146. The Morgan fingerprint density at radius 3 is 2.96 bits per heavy atom. The number of carbonyl (C=O) groups is 1. The Balaban J connectivity index is 1.30. The Hall–Kier alpha value is -1.73. The van der Waals surface area contributed by atoms with E-state index in [9.17, 15) is 4.79 Å². The Morgan fingerprint density at radius 2 is 2.17 bits per heavy atom. The molecule has 0 atom stereocenters. The van der Waals surface area contributed by atoms with E-state index in [1.807, 2.05) is 16.2 Å². The van der Waals surface area contributed by atoms with Crippen LogP contribution in [0.3, 0.4) is 0 Å². The van der Waals surface area contributed by atoms with Crippen molar-refractivity contribution in [3.05, 3.63) is 34.5 Å². The van der Waals surface area contributed by atoms with E-state index < -0.39 is 0 Å². The molecule has 0 aromatic carbocycles. The van der Waals surface area contributed by atoms with Crippen LogP contribution in [0.4, 0.5) is 0 Å². The van der Waals surface area contributed by atoms with Crippen molar-refractivity contribution in [1.82, 2.24) is 24.6 Å². The maximum atomic E-state index is 12.3. The standard InChI is InChI=1S/C16H21N5OS/c22-16(10-21-12-17-11-18-21)19-5-1-14(2-6-19)20-7-3-15-13(9-20)4-8-23-15/h4,8,11-12,14H,1-3,5-7,9-10H2. The Morgan fingerprint density at radius 1 is 1.30 bits per heavy atom. The van der Waals surface area contributed by atoms with Gasteiger partial charge in [0.2, 0.25) is 5.91 Å². The lowest BCUT2D eigenvalue weighted by Gasteiger charge is -2.40. The lowest BCUT2D eigenvalue weighted by Crippen LogP contribution is -2.48. The molecule has 2 aliphatic rings. The SMILES string of the molecule is O=C(Cn1cncn1)N1CCC(N2CCc3sccc3C2)CC1. The smallest absolute Gasteiger partial charge is 0.244 e. The zero-order chi connectivity index (χ0) is 15.6. The molecule has 0 unspecified atom stereocenters. The molecule has 4 heterocycles. The monoisotopic (exact) mass is 331 g/mol. The number of rotatable bonds is 3. The number of hydrogen-bond acceptors (Lipinski definition) is 5. The molecular formula is C16H21N5OS. The third kappa shape index (κ3) is 3.16. The predicted octanol–water partition coefficient (Wildman–Crippen LogP) is 1.39. The highest BCUT2D eigenvalue weighted by Gasteiger charge is 2.29. The second-order valence-corrected chi connectivity index (χ2v) is 7.30. The van der Waals surface area contributed by atoms with Crippen LogP contribution in [0.2, 0.25) is 0 Å². The number of nitrogens with zero attached hydrogens (tertiary/aromatic N) is 5. The number of thiophene rings is 1. The summed E-state index contributed by atoms with van der Waals surface area (Å²) in [5, 5.41) is 6.21. The molecule has 1 fully saturated rings. The van der Waals surface area contributed by atoms with E-state index >= 15 is 0 Å². The van der Waals surface area contributed by atoms with Crippen LogP contribution in [-0.4, -0.2) is 56.1 Å². The number of likely N-dealkylation sites (tertiary alicyclic amines) is 1. The van der Waals surface area contributed by atoms with Gasteiger partial charge in [-0.1, -0.05) is 0 Å². The highest BCUT2D eigenvalue weighted by Crippen LogP contribution is 2.28. The summed E-state index contributed by atoms with van der Waals surface area (Å²) < 4.78 is 1.59. The van der Waals surface area contributed by atoms with Gasteiger partial charge in [0, 0.05) is 37.1 Å². The van der Waals surface area contributed by atoms with Gasteiger partial charge < -0.3 is 4.90 Å². The topological polar surface area (TPSA) is 54.3 Å². The van der Waals surface area contributed by atoms with E-state index in [0.717, 1.165) is 39.0 Å². The number of fused-ring (bicyclic) bond motifs is 1. The molecule has 0 N–H and O–H groups in total. The molecule has 0 saturated carbocycles. The summed E-state index contributed by atoms with van der Waals surface area (Å²) in [5.74, 6) is 0.146. The van der Waals surface area contributed by atoms with Crippen LogP contribution in [-0.2, 0) is 24.3 Å². The summed E-state index contributed by atoms with van der Waals surface area (Å²) in [6.45, 7) is 4.24. The quantitative estimate of drug-likeness (QED) is 0.853. The fourth-order valence-corrected chi connectivity index (χ4v) is 4.51. The second kappa shape index (κ2) is 6.41. The number of hydrogen-bond donors (Lipinski definition) is 0. The molecule has 2 aromatic rings. The van der Waals surface area contributed by atoms with Crippen molar-refractivity contribution in [1.29, 1.82) is 0 Å². The largest absolute Gasteiger partial charge is 0.341 e. The minimum Gasteiger partial charge on any atom is -0.341 e. The zero-order valence-electron chi connectivity index (χ0n) is 13.1. The van der Waals surface area contributed by atoms with Crippen LogP contribution in [0.15, 0.2) is 24.1 Å². The van der Waals surface area contributed by atoms with Gasteiger partial charge in [-0.2, -0.15) is 5.10 Å². The number of amides is 1. The van der Waals surface area contributed by atoms with Crippen LogP contribution in [0.25, 0.3) is 0 Å². The number of carbonyl (C=O) groups excluding carboxylic acids is 1. The van der Waals surface area contributed by atoms with E-state index in [1.54, 1.807) is 15.9 Å². The van der Waals surface area contributed by atoms with Crippen molar-refractivity contribution < 1.29 is 4.79 Å². The van der Waals surface area contributed by atoms with Crippen LogP contribution in [0.1, 0.15) is 23.3 Å². The van der Waals surface area contributed by atoms with Gasteiger partial charge in [0.05, 0.1) is 0 Å². The number of aromatic nitrogens is 3. The fourth-order valence-electron chi connectivity index (χ4n) is 3.62. The van der Waals surface area contributed by atoms with Crippen LogP contribution in [0, 0.1) is 0 Å². The Labute approximate surface area is 139 Å². The third-order valence-corrected chi connectivity index (χ3v) is 5.96. The molecule has 122 valence electrons. The first kappa shape index (κ1) is 14.8. The lowest BCUT2D eigenvalue weighted by molar-refractivity contribution is -0.133. The minimum atomic E-state index is 0.146. The maximum Gasteiger partial charge on any atom is 0.244 e. The first-order valence-electron chi connectivity index (χ1n) is 8.19. The summed E-state index contributed by atoms with van der Waals surface area (Å²) in [6.07, 6.45) is 6.38. The molecule has 1 saturated heterocycles. The van der Waals surface area contributed by atoms with Gasteiger partial charge >= 0.3 is 0 Å². The summed E-state index contributed by atoms with van der Waals surface area (Å²) >= 11 is 1.89. The average Bonchev–Trinajstić information content (AvgIpc) is 3.25. The van der Waals surface area contributed by atoms with E-state index in [4.69, 9.17) is 0 Å². The molecule has 2 aliphatic heterocycles.